The number of ketones is 1. The van der Waals surface area contributed by atoms with Gasteiger partial charge in [0.15, 0.2) is 5.76 Å². The molecule has 0 radical (unpaired) electrons. The fraction of sp³-hybridized carbons (Fsp3) is 0.348. The van der Waals surface area contributed by atoms with E-state index in [9.17, 15) is 4.79 Å². The highest BCUT2D eigenvalue weighted by Gasteiger charge is 2.21. The van der Waals surface area contributed by atoms with Gasteiger partial charge in [0.25, 0.3) is 0 Å². The van der Waals surface area contributed by atoms with Crippen LogP contribution in [-0.4, -0.2) is 12.3 Å². The van der Waals surface area contributed by atoms with Gasteiger partial charge < -0.3 is 9.73 Å². The maximum absolute atomic E-state index is 12.9. The lowest BCUT2D eigenvalue weighted by molar-refractivity contribution is 0.101. The summed E-state index contributed by atoms with van der Waals surface area (Å²) in [5.74, 6) is 0.329. The van der Waals surface area contributed by atoms with Gasteiger partial charge >= 0.3 is 0 Å². The van der Waals surface area contributed by atoms with Crippen LogP contribution in [0.5, 0.6) is 0 Å². The van der Waals surface area contributed by atoms with E-state index < -0.39 is 0 Å². The van der Waals surface area contributed by atoms with Crippen LogP contribution in [0, 0.1) is 0 Å². The quantitative estimate of drug-likeness (QED) is 0.338. The van der Waals surface area contributed by atoms with E-state index in [4.69, 9.17) is 4.42 Å². The Morgan fingerprint density at radius 2 is 1.58 bits per heavy atom. The zero-order chi connectivity index (χ0) is 18.2. The van der Waals surface area contributed by atoms with E-state index in [0.717, 1.165) is 29.6 Å². The number of hydrogen-bond donors (Lipinski definition) is 1. The summed E-state index contributed by atoms with van der Waals surface area (Å²) in [5, 5.41) is 4.43. The van der Waals surface area contributed by atoms with Crippen molar-refractivity contribution in [2.75, 3.05) is 11.9 Å². The fourth-order valence-electron chi connectivity index (χ4n) is 3.22. The molecule has 1 heterocycles. The predicted molar refractivity (Wildman–Crippen MR) is 108 cm³/mol. The van der Waals surface area contributed by atoms with Crippen molar-refractivity contribution in [3.05, 3.63) is 65.9 Å². The average Bonchev–Trinajstić information content (AvgIpc) is 3.06. The van der Waals surface area contributed by atoms with Crippen molar-refractivity contribution in [1.29, 1.82) is 0 Å². The van der Waals surface area contributed by atoms with Crippen molar-refractivity contribution >= 4 is 22.4 Å². The topological polar surface area (TPSA) is 42.2 Å². The highest BCUT2D eigenvalue weighted by Crippen LogP contribution is 2.32. The zero-order valence-electron chi connectivity index (χ0n) is 15.5. The zero-order valence-corrected chi connectivity index (χ0v) is 15.5. The number of anilines is 1. The number of carbonyl (C=O) groups is 1. The first-order valence-electron chi connectivity index (χ1n) is 9.66. The first-order valence-corrected chi connectivity index (χ1v) is 9.66. The molecule has 0 spiro atoms. The number of carbonyl (C=O) groups excluding carboxylic acids is 1. The minimum Gasteiger partial charge on any atom is -0.450 e. The minimum absolute atomic E-state index is 0.0766. The molecule has 0 saturated carbocycles. The molecule has 1 aromatic heterocycles. The molecule has 3 rings (SSSR count). The van der Waals surface area contributed by atoms with Crippen LogP contribution in [0.2, 0.25) is 0 Å². The normalized spacial score (nSPS) is 11.0. The monoisotopic (exact) mass is 349 g/mol. The van der Waals surface area contributed by atoms with Crippen LogP contribution in [0.4, 0.5) is 5.69 Å². The second kappa shape index (κ2) is 9.23. The van der Waals surface area contributed by atoms with Crippen LogP contribution in [-0.2, 0) is 0 Å². The standard InChI is InChI=1S/C23H27NO2/c1-2-3-4-5-6-12-17-24-21-19-15-10-11-16-20(19)26-23(21)22(25)18-13-8-7-9-14-18/h7-11,13-16,24H,2-6,12,17H2,1H3. The smallest absolute Gasteiger partial charge is 0.230 e. The van der Waals surface area contributed by atoms with Crippen LogP contribution in [0.15, 0.2) is 59.0 Å². The van der Waals surface area contributed by atoms with Crippen molar-refractivity contribution in [1.82, 2.24) is 0 Å². The van der Waals surface area contributed by atoms with Crippen molar-refractivity contribution in [2.45, 2.75) is 45.4 Å². The average molecular weight is 349 g/mol. The minimum atomic E-state index is -0.0766. The van der Waals surface area contributed by atoms with Gasteiger partial charge in [0.05, 0.1) is 5.69 Å². The maximum atomic E-state index is 12.9. The Labute approximate surface area is 155 Å². The number of para-hydroxylation sites is 1. The largest absolute Gasteiger partial charge is 0.450 e. The predicted octanol–water partition coefficient (Wildman–Crippen LogP) is 6.44. The highest BCUT2D eigenvalue weighted by atomic mass is 16.3. The van der Waals surface area contributed by atoms with Crippen LogP contribution < -0.4 is 5.32 Å². The fourth-order valence-corrected chi connectivity index (χ4v) is 3.22. The van der Waals surface area contributed by atoms with Gasteiger partial charge in [-0.3, -0.25) is 4.79 Å². The van der Waals surface area contributed by atoms with Gasteiger partial charge in [0, 0.05) is 17.5 Å². The van der Waals surface area contributed by atoms with Crippen molar-refractivity contribution in [3.8, 4) is 0 Å². The van der Waals surface area contributed by atoms with Gasteiger partial charge in [0.2, 0.25) is 5.78 Å². The molecule has 3 heteroatoms. The van der Waals surface area contributed by atoms with Gasteiger partial charge in [0.1, 0.15) is 5.58 Å². The van der Waals surface area contributed by atoms with Gasteiger partial charge in [-0.2, -0.15) is 0 Å². The second-order valence-electron chi connectivity index (χ2n) is 6.69. The van der Waals surface area contributed by atoms with Gasteiger partial charge in [-0.05, 0) is 18.6 Å². The molecule has 1 N–H and O–H groups in total. The number of fused-ring (bicyclic) bond motifs is 1. The summed E-state index contributed by atoms with van der Waals surface area (Å²) in [6, 6.07) is 17.1. The molecule has 2 aromatic carbocycles. The summed E-state index contributed by atoms with van der Waals surface area (Å²) in [6.07, 6.45) is 7.48. The first kappa shape index (κ1) is 18.2. The number of hydrogen-bond acceptors (Lipinski definition) is 3. The van der Waals surface area contributed by atoms with E-state index in [1.807, 2.05) is 54.6 Å². The summed E-state index contributed by atoms with van der Waals surface area (Å²) < 4.78 is 5.91. The molecule has 0 amide bonds. The highest BCUT2D eigenvalue weighted by molar-refractivity contribution is 6.14. The Morgan fingerprint density at radius 3 is 2.38 bits per heavy atom. The molecule has 3 nitrogen and oxygen atoms in total. The van der Waals surface area contributed by atoms with Gasteiger partial charge in [-0.15, -0.1) is 0 Å². The second-order valence-corrected chi connectivity index (χ2v) is 6.69. The summed E-state index contributed by atoms with van der Waals surface area (Å²) in [5.41, 5.74) is 2.22. The molecule has 136 valence electrons. The molecule has 0 atom stereocenters. The Bertz CT molecular complexity index is 836. The Balaban J connectivity index is 1.74. The third-order valence-electron chi connectivity index (χ3n) is 4.67. The summed E-state index contributed by atoms with van der Waals surface area (Å²) in [6.45, 7) is 3.08. The van der Waals surface area contributed by atoms with E-state index >= 15 is 0 Å². The summed E-state index contributed by atoms with van der Waals surface area (Å²) in [7, 11) is 0. The molecule has 0 aliphatic carbocycles. The molecule has 0 unspecified atom stereocenters. The number of nitrogens with one attached hydrogen (secondary N) is 1. The van der Waals surface area contributed by atoms with Crippen molar-refractivity contribution in [3.63, 3.8) is 0 Å². The van der Waals surface area contributed by atoms with Crippen molar-refractivity contribution < 1.29 is 9.21 Å². The Hall–Kier alpha value is -2.55. The molecular weight excluding hydrogens is 322 g/mol. The Morgan fingerprint density at radius 1 is 0.885 bits per heavy atom. The van der Waals surface area contributed by atoms with E-state index in [1.165, 1.54) is 32.1 Å². The van der Waals surface area contributed by atoms with Crippen LogP contribution in [0.1, 0.15) is 61.6 Å². The van der Waals surface area contributed by atoms with E-state index in [0.29, 0.717) is 11.3 Å². The van der Waals surface area contributed by atoms with Gasteiger partial charge in [-0.25, -0.2) is 0 Å². The van der Waals surface area contributed by atoms with E-state index in [1.54, 1.807) is 0 Å². The molecule has 0 aliphatic rings. The van der Waals surface area contributed by atoms with E-state index in [-0.39, 0.29) is 5.78 Å². The number of rotatable bonds is 10. The van der Waals surface area contributed by atoms with Crippen molar-refractivity contribution in [2.24, 2.45) is 0 Å². The number of furan rings is 1. The molecule has 26 heavy (non-hydrogen) atoms. The lowest BCUT2D eigenvalue weighted by atomic mass is 10.1. The molecule has 0 saturated heterocycles. The van der Waals surface area contributed by atoms with Crippen LogP contribution in [0.3, 0.4) is 0 Å². The lowest BCUT2D eigenvalue weighted by Gasteiger charge is -2.07. The SMILES string of the molecule is CCCCCCCCNc1c(C(=O)c2ccccc2)oc2ccccc12. The van der Waals surface area contributed by atoms with E-state index in [2.05, 4.69) is 12.2 Å². The first-order chi connectivity index (χ1) is 12.8. The maximum Gasteiger partial charge on any atom is 0.230 e. The third-order valence-corrected chi connectivity index (χ3v) is 4.67. The molecule has 0 fully saturated rings. The number of unbranched alkanes of at least 4 members (excludes halogenated alkanes) is 5. The molecular formula is C23H27NO2. The Kier molecular flexibility index (Phi) is 6.48. The van der Waals surface area contributed by atoms with Crippen LogP contribution >= 0.6 is 0 Å². The number of benzene rings is 2. The molecule has 0 bridgehead atoms. The summed E-state index contributed by atoms with van der Waals surface area (Å²) in [4.78, 5) is 12.9. The lowest BCUT2D eigenvalue weighted by Crippen LogP contribution is -2.07. The third kappa shape index (κ3) is 4.34. The molecule has 0 aliphatic heterocycles. The van der Waals surface area contributed by atoms with Crippen LogP contribution in [0.25, 0.3) is 11.0 Å². The van der Waals surface area contributed by atoms with Gasteiger partial charge in [-0.1, -0.05) is 81.5 Å². The summed E-state index contributed by atoms with van der Waals surface area (Å²) >= 11 is 0. The molecule has 3 aromatic rings.